The second-order valence-corrected chi connectivity index (χ2v) is 7.56. The van der Waals surface area contributed by atoms with Crippen molar-refractivity contribution in [1.29, 1.82) is 0 Å². The van der Waals surface area contributed by atoms with Crippen LogP contribution in [0.15, 0.2) is 41.1 Å². The second kappa shape index (κ2) is 7.26. The van der Waals surface area contributed by atoms with Crippen molar-refractivity contribution in [3.8, 4) is 11.4 Å². The average molecular weight is 433 g/mol. The molecule has 0 unspecified atom stereocenters. The Morgan fingerprint density at radius 2 is 2.15 bits per heavy atom. The summed E-state index contributed by atoms with van der Waals surface area (Å²) in [7, 11) is 0. The molecule has 6 nitrogen and oxygen atoms in total. The summed E-state index contributed by atoms with van der Waals surface area (Å²) in [6.45, 7) is 0. The molecule has 1 aliphatic carbocycles. The first-order valence-corrected chi connectivity index (χ1v) is 9.60. The number of halogens is 2. The van der Waals surface area contributed by atoms with Gasteiger partial charge in [0.15, 0.2) is 0 Å². The van der Waals surface area contributed by atoms with Crippen molar-refractivity contribution in [2.24, 2.45) is 0 Å². The number of aromatic nitrogens is 3. The summed E-state index contributed by atoms with van der Waals surface area (Å²) in [5.74, 6) is 0.209. The normalized spacial score (nSPS) is 19.9. The summed E-state index contributed by atoms with van der Waals surface area (Å²) in [6, 6.07) is 8.33. The zero-order chi connectivity index (χ0) is 19.0. The van der Waals surface area contributed by atoms with E-state index in [0.29, 0.717) is 27.9 Å². The maximum absolute atomic E-state index is 14.5. The van der Waals surface area contributed by atoms with Crippen molar-refractivity contribution in [2.45, 2.75) is 37.8 Å². The number of fused-ring (bicyclic) bond motifs is 1. The number of nitrogens with one attached hydrogen (secondary N) is 1. The minimum Gasteiger partial charge on any atom is -0.465 e. The summed E-state index contributed by atoms with van der Waals surface area (Å²) in [5.41, 5.74) is 1.97. The largest absolute Gasteiger partial charge is 0.465 e. The molecule has 1 aliphatic rings. The molecule has 0 aliphatic heterocycles. The number of nitrogens with zero attached hydrogens (tertiary/aromatic N) is 3. The predicted octanol–water partition coefficient (Wildman–Crippen LogP) is 4.75. The van der Waals surface area contributed by atoms with Gasteiger partial charge in [-0.2, -0.15) is 0 Å². The van der Waals surface area contributed by atoms with Gasteiger partial charge in [-0.05, 0) is 59.8 Å². The summed E-state index contributed by atoms with van der Waals surface area (Å²) >= 11 is 3.40. The van der Waals surface area contributed by atoms with Gasteiger partial charge in [0.1, 0.15) is 21.8 Å². The summed E-state index contributed by atoms with van der Waals surface area (Å²) in [6.07, 6.45) is 3.85. The van der Waals surface area contributed by atoms with Crippen molar-refractivity contribution in [3.63, 3.8) is 0 Å². The Balaban J connectivity index is 1.85. The highest BCUT2D eigenvalue weighted by atomic mass is 79.9. The lowest BCUT2D eigenvalue weighted by molar-refractivity contribution is 0.182. The molecule has 0 spiro atoms. The molecule has 2 aromatic heterocycles. The van der Waals surface area contributed by atoms with Gasteiger partial charge in [-0.15, -0.1) is 0 Å². The Kier molecular flexibility index (Phi) is 4.82. The minimum absolute atomic E-state index is 0.0181. The van der Waals surface area contributed by atoms with E-state index < -0.39 is 6.09 Å². The Morgan fingerprint density at radius 1 is 1.33 bits per heavy atom. The number of hydrogen-bond donors (Lipinski definition) is 2. The van der Waals surface area contributed by atoms with E-state index in [1.54, 1.807) is 24.4 Å². The summed E-state index contributed by atoms with van der Waals surface area (Å²) in [5, 5.41) is 11.7. The van der Waals surface area contributed by atoms with Gasteiger partial charge in [0.05, 0.1) is 17.3 Å². The van der Waals surface area contributed by atoms with Gasteiger partial charge in [-0.3, -0.25) is 0 Å². The molecule has 2 N–H and O–H groups in total. The first-order valence-electron chi connectivity index (χ1n) is 8.81. The molecule has 0 radical (unpaired) electrons. The molecule has 0 saturated heterocycles. The van der Waals surface area contributed by atoms with Crippen LogP contribution in [0.5, 0.6) is 0 Å². The number of carboxylic acid groups (broad SMARTS) is 1. The van der Waals surface area contributed by atoms with Gasteiger partial charge in [0.25, 0.3) is 0 Å². The van der Waals surface area contributed by atoms with Crippen LogP contribution in [0.4, 0.5) is 9.18 Å². The molecular weight excluding hydrogens is 415 g/mol. The number of hydrogen-bond acceptors (Lipinski definition) is 3. The monoisotopic (exact) mass is 432 g/mol. The molecule has 1 amide bonds. The molecule has 27 heavy (non-hydrogen) atoms. The first kappa shape index (κ1) is 17.9. The molecule has 4 rings (SSSR count). The number of amides is 1. The van der Waals surface area contributed by atoms with E-state index in [9.17, 15) is 9.18 Å². The van der Waals surface area contributed by atoms with Gasteiger partial charge in [-0.1, -0.05) is 12.1 Å². The third-order valence-corrected chi connectivity index (χ3v) is 5.43. The van der Waals surface area contributed by atoms with Crippen LogP contribution in [0.3, 0.4) is 0 Å². The van der Waals surface area contributed by atoms with Gasteiger partial charge < -0.3 is 15.0 Å². The number of imidazole rings is 1. The van der Waals surface area contributed by atoms with Crippen LogP contribution in [0.1, 0.15) is 31.7 Å². The third-order valence-electron chi connectivity index (χ3n) is 5.00. The highest BCUT2D eigenvalue weighted by Crippen LogP contribution is 2.37. The van der Waals surface area contributed by atoms with Gasteiger partial charge in [0, 0.05) is 12.1 Å². The summed E-state index contributed by atoms with van der Waals surface area (Å²) in [4.78, 5) is 19.9. The smallest absolute Gasteiger partial charge is 0.404 e. The molecule has 3 aromatic rings. The van der Waals surface area contributed by atoms with E-state index in [0.717, 1.165) is 24.8 Å². The van der Waals surface area contributed by atoms with Crippen LogP contribution < -0.4 is 5.32 Å². The SMILES string of the molecule is O=C(O)N[C@H]1CCC[C@@H](n2c(-c3ccccc3F)nc3cnc(Br)cc32)C1. The Hall–Kier alpha value is -2.48. The third kappa shape index (κ3) is 3.53. The Morgan fingerprint density at radius 3 is 2.93 bits per heavy atom. The van der Waals surface area contributed by atoms with Crippen molar-refractivity contribution in [1.82, 2.24) is 19.9 Å². The fraction of sp³-hybridized carbons (Fsp3) is 0.316. The average Bonchev–Trinajstić information content (AvgIpc) is 3.00. The molecule has 1 aromatic carbocycles. The molecule has 8 heteroatoms. The quantitative estimate of drug-likeness (QED) is 0.585. The summed E-state index contributed by atoms with van der Waals surface area (Å²) < 4.78 is 17.2. The maximum Gasteiger partial charge on any atom is 0.404 e. The van der Waals surface area contributed by atoms with Crippen molar-refractivity contribution >= 4 is 33.1 Å². The van der Waals surface area contributed by atoms with Crippen LogP contribution in [0.2, 0.25) is 0 Å². The number of pyridine rings is 1. The maximum atomic E-state index is 14.5. The fourth-order valence-electron chi connectivity index (χ4n) is 3.88. The number of benzene rings is 1. The molecule has 1 saturated carbocycles. The van der Waals surface area contributed by atoms with E-state index in [2.05, 4.69) is 31.2 Å². The van der Waals surface area contributed by atoms with E-state index >= 15 is 0 Å². The first-order chi connectivity index (χ1) is 13.0. The van der Waals surface area contributed by atoms with E-state index in [-0.39, 0.29) is 17.9 Å². The number of carbonyl (C=O) groups is 1. The van der Waals surface area contributed by atoms with Gasteiger partial charge in [0.2, 0.25) is 0 Å². The van der Waals surface area contributed by atoms with E-state index in [1.807, 2.05) is 10.6 Å². The zero-order valence-corrected chi connectivity index (χ0v) is 16.0. The lowest BCUT2D eigenvalue weighted by Crippen LogP contribution is -2.38. The van der Waals surface area contributed by atoms with Crippen molar-refractivity contribution < 1.29 is 14.3 Å². The molecule has 2 heterocycles. The lowest BCUT2D eigenvalue weighted by atomic mass is 9.90. The predicted molar refractivity (Wildman–Crippen MR) is 103 cm³/mol. The Labute approximate surface area is 163 Å². The topological polar surface area (TPSA) is 80.0 Å². The van der Waals surface area contributed by atoms with Gasteiger partial charge in [-0.25, -0.2) is 19.2 Å². The van der Waals surface area contributed by atoms with Crippen LogP contribution in [0.25, 0.3) is 22.4 Å². The standard InChI is InChI=1S/C19H18BrFN4O2/c20-17-9-16-15(10-22-17)24-18(13-6-1-2-7-14(13)21)25(16)12-5-3-4-11(8-12)23-19(26)27/h1-2,6-7,9-12,23H,3-5,8H2,(H,26,27)/t11-,12+/m0/s1. The van der Waals surface area contributed by atoms with Crippen molar-refractivity contribution in [3.05, 3.63) is 46.9 Å². The van der Waals surface area contributed by atoms with Crippen LogP contribution in [0, 0.1) is 5.82 Å². The van der Waals surface area contributed by atoms with Crippen LogP contribution >= 0.6 is 15.9 Å². The highest BCUT2D eigenvalue weighted by Gasteiger charge is 2.28. The molecule has 140 valence electrons. The number of rotatable bonds is 3. The second-order valence-electron chi connectivity index (χ2n) is 6.75. The highest BCUT2D eigenvalue weighted by molar-refractivity contribution is 9.10. The van der Waals surface area contributed by atoms with Crippen LogP contribution in [-0.2, 0) is 0 Å². The van der Waals surface area contributed by atoms with E-state index in [4.69, 9.17) is 5.11 Å². The molecule has 2 atom stereocenters. The lowest BCUT2D eigenvalue weighted by Gasteiger charge is -2.31. The van der Waals surface area contributed by atoms with Crippen LogP contribution in [-0.4, -0.2) is 31.8 Å². The molecule has 0 bridgehead atoms. The molecular formula is C19H18BrFN4O2. The Bertz CT molecular complexity index is 1010. The van der Waals surface area contributed by atoms with Gasteiger partial charge >= 0.3 is 6.09 Å². The molecule has 1 fully saturated rings. The fourth-order valence-corrected chi connectivity index (χ4v) is 4.20. The van der Waals surface area contributed by atoms with Crippen molar-refractivity contribution in [2.75, 3.05) is 0 Å². The van der Waals surface area contributed by atoms with E-state index in [1.165, 1.54) is 6.07 Å². The minimum atomic E-state index is -1.02. The zero-order valence-electron chi connectivity index (χ0n) is 14.4.